The molecule has 0 fully saturated rings. The summed E-state index contributed by atoms with van der Waals surface area (Å²) in [5.41, 5.74) is 0. The largest absolute Gasteiger partial charge is 0.466 e. The molecule has 0 radical (unpaired) electrons. The Labute approximate surface area is 95.2 Å². The lowest BCUT2D eigenvalue weighted by molar-refractivity contribution is -0.137. The maximum absolute atomic E-state index is 10.7. The summed E-state index contributed by atoms with van der Waals surface area (Å²) in [5.74, 6) is -0.233. The van der Waals surface area contributed by atoms with E-state index in [0.717, 1.165) is 19.3 Å². The van der Waals surface area contributed by atoms with Gasteiger partial charge in [0.25, 0.3) is 0 Å². The number of rotatable bonds is 5. The van der Waals surface area contributed by atoms with E-state index in [1.165, 1.54) is 6.08 Å². The number of phosphoric acid groups is 1. The Bertz CT molecular complexity index is 236. The Morgan fingerprint density at radius 3 is 2.19 bits per heavy atom. The van der Waals surface area contributed by atoms with Gasteiger partial charge >= 0.3 is 13.8 Å². The zero-order valence-electron chi connectivity index (χ0n) is 9.50. The van der Waals surface area contributed by atoms with Crippen molar-refractivity contribution in [1.82, 2.24) is 0 Å². The maximum Gasteiger partial charge on any atom is 0.466 e. The second kappa shape index (κ2) is 10.8. The van der Waals surface area contributed by atoms with Gasteiger partial charge in [0, 0.05) is 6.08 Å². The van der Waals surface area contributed by atoms with Gasteiger partial charge in [-0.15, -0.1) is 0 Å². The highest BCUT2D eigenvalue weighted by Crippen LogP contribution is 2.25. The molecule has 0 spiro atoms. The van der Waals surface area contributed by atoms with E-state index < -0.39 is 7.82 Å². The van der Waals surface area contributed by atoms with E-state index in [1.54, 1.807) is 6.92 Å². The van der Waals surface area contributed by atoms with Crippen molar-refractivity contribution in [2.45, 2.75) is 33.1 Å². The molecular formula is C9H19O6P. The van der Waals surface area contributed by atoms with Crippen molar-refractivity contribution in [1.29, 1.82) is 0 Å². The van der Waals surface area contributed by atoms with Gasteiger partial charge in [-0.25, -0.2) is 9.36 Å². The van der Waals surface area contributed by atoms with Crippen LogP contribution < -0.4 is 0 Å². The summed E-state index contributed by atoms with van der Waals surface area (Å²) >= 11 is 0. The minimum atomic E-state index is -4.64. The first-order chi connectivity index (χ1) is 7.31. The fraction of sp³-hybridized carbons (Fsp3) is 0.667. The number of esters is 1. The van der Waals surface area contributed by atoms with Gasteiger partial charge in [-0.3, -0.25) is 0 Å². The number of hydrogen-bond acceptors (Lipinski definition) is 3. The Hall–Kier alpha value is -0.680. The van der Waals surface area contributed by atoms with Crippen LogP contribution in [0.2, 0.25) is 0 Å². The molecule has 0 atom stereocenters. The van der Waals surface area contributed by atoms with Crippen LogP contribution in [0.15, 0.2) is 12.2 Å². The third kappa shape index (κ3) is 29.2. The highest BCUT2D eigenvalue weighted by atomic mass is 31.2. The van der Waals surface area contributed by atoms with Crippen LogP contribution in [0.5, 0.6) is 0 Å². The first-order valence-electron chi connectivity index (χ1n) is 4.92. The van der Waals surface area contributed by atoms with Crippen molar-refractivity contribution in [3.8, 4) is 0 Å². The molecule has 6 nitrogen and oxygen atoms in total. The molecule has 96 valence electrons. The first kappa shape index (κ1) is 17.7. The minimum absolute atomic E-state index is 0.233. The lowest BCUT2D eigenvalue weighted by Crippen LogP contribution is -1.98. The minimum Gasteiger partial charge on any atom is -0.463 e. The summed E-state index contributed by atoms with van der Waals surface area (Å²) in [4.78, 5) is 32.3. The van der Waals surface area contributed by atoms with E-state index in [-0.39, 0.29) is 5.97 Å². The van der Waals surface area contributed by atoms with Crippen molar-refractivity contribution >= 4 is 13.8 Å². The fourth-order valence-corrected chi connectivity index (χ4v) is 0.692. The van der Waals surface area contributed by atoms with Crippen LogP contribution in [0.25, 0.3) is 0 Å². The molecule has 16 heavy (non-hydrogen) atoms. The van der Waals surface area contributed by atoms with Crippen LogP contribution in [-0.4, -0.2) is 27.3 Å². The van der Waals surface area contributed by atoms with Crippen LogP contribution >= 0.6 is 7.82 Å². The number of hydrogen-bond donors (Lipinski definition) is 3. The number of carbonyl (C=O) groups is 1. The normalized spacial score (nSPS) is 10.8. The molecule has 0 aliphatic heterocycles. The second-order valence-corrected chi connectivity index (χ2v) is 3.84. The molecule has 0 aliphatic rings. The van der Waals surface area contributed by atoms with Crippen LogP contribution in [-0.2, 0) is 14.1 Å². The van der Waals surface area contributed by atoms with E-state index in [4.69, 9.17) is 24.0 Å². The third-order valence-electron chi connectivity index (χ3n) is 1.26. The summed E-state index contributed by atoms with van der Waals surface area (Å²) in [6.07, 6.45) is 6.62. The number of allylic oxidation sites excluding steroid dienone is 1. The SMILES string of the molecule is CCCC/C=C/C(=O)OCC.O=P(O)(O)O. The third-order valence-corrected chi connectivity index (χ3v) is 1.26. The van der Waals surface area contributed by atoms with Crippen molar-refractivity contribution in [2.75, 3.05) is 6.61 Å². The molecule has 0 aromatic rings. The predicted octanol–water partition coefficient (Wildman–Crippen LogP) is 1.37. The van der Waals surface area contributed by atoms with Gasteiger partial charge in [-0.05, 0) is 13.3 Å². The van der Waals surface area contributed by atoms with Gasteiger partial charge in [-0.2, -0.15) is 0 Å². The molecule has 0 rings (SSSR count). The molecule has 0 aromatic heterocycles. The number of unbranched alkanes of at least 4 members (excludes halogenated alkanes) is 2. The van der Waals surface area contributed by atoms with Gasteiger partial charge in [-0.1, -0.05) is 25.8 Å². The van der Waals surface area contributed by atoms with Gasteiger partial charge in [0.1, 0.15) is 0 Å². The fourth-order valence-electron chi connectivity index (χ4n) is 0.692. The van der Waals surface area contributed by atoms with E-state index in [0.29, 0.717) is 6.61 Å². The molecule has 0 saturated carbocycles. The average Bonchev–Trinajstić information content (AvgIpc) is 2.10. The Morgan fingerprint density at radius 1 is 1.31 bits per heavy atom. The Morgan fingerprint density at radius 2 is 1.81 bits per heavy atom. The highest BCUT2D eigenvalue weighted by Gasteiger charge is 2.00. The van der Waals surface area contributed by atoms with Crippen molar-refractivity contribution in [3.63, 3.8) is 0 Å². The standard InChI is InChI=1S/C9H16O2.H3O4P/c1-3-5-6-7-8-9(10)11-4-2;1-5(2,3)4/h7-8H,3-6H2,1-2H3;(H3,1,2,3,4)/b8-7+;. The van der Waals surface area contributed by atoms with E-state index in [1.807, 2.05) is 6.08 Å². The number of ether oxygens (including phenoxy) is 1. The Kier molecular flexibility index (Phi) is 12.0. The predicted molar refractivity (Wildman–Crippen MR) is 59.6 cm³/mol. The van der Waals surface area contributed by atoms with Gasteiger partial charge < -0.3 is 19.4 Å². The lowest BCUT2D eigenvalue weighted by atomic mass is 10.2. The summed E-state index contributed by atoms with van der Waals surface area (Å²) in [5, 5.41) is 0. The molecule has 0 heterocycles. The number of carbonyl (C=O) groups excluding carboxylic acids is 1. The van der Waals surface area contributed by atoms with Gasteiger partial charge in [0.15, 0.2) is 0 Å². The molecule has 3 N–H and O–H groups in total. The quantitative estimate of drug-likeness (QED) is 0.296. The van der Waals surface area contributed by atoms with Crippen LogP contribution in [0.1, 0.15) is 33.1 Å². The molecule has 0 unspecified atom stereocenters. The lowest BCUT2D eigenvalue weighted by Gasteiger charge is -1.93. The summed E-state index contributed by atoms with van der Waals surface area (Å²) < 4.78 is 13.6. The van der Waals surface area contributed by atoms with Crippen molar-refractivity contribution in [3.05, 3.63) is 12.2 Å². The smallest absolute Gasteiger partial charge is 0.463 e. The van der Waals surface area contributed by atoms with Gasteiger partial charge in [0.2, 0.25) is 0 Å². The summed E-state index contributed by atoms with van der Waals surface area (Å²) in [7, 11) is -4.64. The topological polar surface area (TPSA) is 104 Å². The summed E-state index contributed by atoms with van der Waals surface area (Å²) in [6.45, 7) is 4.38. The monoisotopic (exact) mass is 254 g/mol. The van der Waals surface area contributed by atoms with E-state index in [2.05, 4.69) is 6.92 Å². The molecule has 0 aliphatic carbocycles. The van der Waals surface area contributed by atoms with Crippen LogP contribution in [0.4, 0.5) is 0 Å². The van der Waals surface area contributed by atoms with Crippen molar-refractivity contribution < 1.29 is 28.8 Å². The average molecular weight is 254 g/mol. The van der Waals surface area contributed by atoms with E-state index in [9.17, 15) is 4.79 Å². The van der Waals surface area contributed by atoms with Crippen LogP contribution in [0, 0.1) is 0 Å². The zero-order valence-corrected chi connectivity index (χ0v) is 10.4. The summed E-state index contributed by atoms with van der Waals surface area (Å²) in [6, 6.07) is 0. The highest BCUT2D eigenvalue weighted by molar-refractivity contribution is 7.45. The van der Waals surface area contributed by atoms with Gasteiger partial charge in [0.05, 0.1) is 6.61 Å². The molecule has 0 saturated heterocycles. The molecule has 0 aromatic carbocycles. The van der Waals surface area contributed by atoms with E-state index >= 15 is 0 Å². The molecule has 0 amide bonds. The molecular weight excluding hydrogens is 235 g/mol. The molecule has 7 heteroatoms. The molecule has 0 bridgehead atoms. The Balaban J connectivity index is 0. The van der Waals surface area contributed by atoms with Crippen molar-refractivity contribution in [2.24, 2.45) is 0 Å². The first-order valence-corrected chi connectivity index (χ1v) is 6.49. The zero-order chi connectivity index (χ0) is 13.0. The maximum atomic E-state index is 10.7. The van der Waals surface area contributed by atoms with Crippen LogP contribution in [0.3, 0.4) is 0 Å². The second-order valence-electron chi connectivity index (χ2n) is 2.81.